The van der Waals surface area contributed by atoms with Gasteiger partial charge in [-0.25, -0.2) is 0 Å². The highest BCUT2D eigenvalue weighted by molar-refractivity contribution is 5.13. The summed E-state index contributed by atoms with van der Waals surface area (Å²) in [6.07, 6.45) is 2.60. The van der Waals surface area contributed by atoms with Gasteiger partial charge in [0.15, 0.2) is 0 Å². The minimum atomic E-state index is -0.0616. The van der Waals surface area contributed by atoms with Gasteiger partial charge in [-0.1, -0.05) is 37.3 Å². The molecule has 4 heteroatoms. The average Bonchev–Trinajstić information content (AvgIpc) is 2.59. The molecule has 0 radical (unpaired) electrons. The Labute approximate surface area is 140 Å². The van der Waals surface area contributed by atoms with Crippen LogP contribution in [0.4, 0.5) is 0 Å². The van der Waals surface area contributed by atoms with E-state index in [9.17, 15) is 0 Å². The molecule has 1 atom stereocenters. The molecule has 0 aromatic heterocycles. The molecule has 4 nitrogen and oxygen atoms in total. The second kappa shape index (κ2) is 14.2. The van der Waals surface area contributed by atoms with Gasteiger partial charge in [0, 0.05) is 20.0 Å². The zero-order chi connectivity index (χ0) is 16.6. The highest BCUT2D eigenvalue weighted by Gasteiger charge is 2.07. The van der Waals surface area contributed by atoms with E-state index in [1.165, 1.54) is 5.56 Å². The third kappa shape index (κ3) is 10.9. The van der Waals surface area contributed by atoms with E-state index in [1.807, 2.05) is 30.3 Å². The Morgan fingerprint density at radius 3 is 2.57 bits per heavy atom. The molecule has 0 saturated heterocycles. The molecule has 1 aromatic carbocycles. The summed E-state index contributed by atoms with van der Waals surface area (Å²) in [7, 11) is 1.61. The molecule has 0 spiro atoms. The Morgan fingerprint density at radius 1 is 1.04 bits per heavy atom. The number of unbranched alkanes of at least 4 members (excludes halogenated alkanes) is 1. The maximum atomic E-state index is 5.61. The molecule has 0 bridgehead atoms. The van der Waals surface area contributed by atoms with Crippen LogP contribution >= 0.6 is 0 Å². The van der Waals surface area contributed by atoms with Crippen LogP contribution in [0.1, 0.15) is 31.7 Å². The van der Waals surface area contributed by atoms with E-state index in [2.05, 4.69) is 18.8 Å². The van der Waals surface area contributed by atoms with Crippen molar-refractivity contribution >= 4 is 0 Å². The molecule has 23 heavy (non-hydrogen) atoms. The van der Waals surface area contributed by atoms with Gasteiger partial charge in [0.2, 0.25) is 0 Å². The monoisotopic (exact) mass is 320 g/mol. The molecule has 1 aromatic rings. The number of hydrogen-bond donors (Lipinski definition) is 0. The molecule has 128 valence electrons. The third-order valence-electron chi connectivity index (χ3n) is 3.04. The number of methoxy groups -OCH3 is 1. The summed E-state index contributed by atoms with van der Waals surface area (Å²) in [5.74, 6) is 6.25. The van der Waals surface area contributed by atoms with Crippen molar-refractivity contribution in [3.63, 3.8) is 0 Å². The summed E-state index contributed by atoms with van der Waals surface area (Å²) in [6, 6.07) is 10.1. The van der Waals surface area contributed by atoms with Crippen LogP contribution in [0.25, 0.3) is 0 Å². The van der Waals surface area contributed by atoms with Crippen molar-refractivity contribution in [3.8, 4) is 11.8 Å². The van der Waals surface area contributed by atoms with Gasteiger partial charge in [-0.15, -0.1) is 11.8 Å². The Bertz CT molecular complexity index is 436. The number of rotatable bonds is 12. The molecule has 0 saturated carbocycles. The number of ether oxygens (including phenoxy) is 4. The SMILES string of the molecule is CCCC#CC[C@@H](COCCOCc1ccccc1)OCOC. The van der Waals surface area contributed by atoms with E-state index in [0.717, 1.165) is 12.8 Å². The quantitative estimate of drug-likeness (QED) is 0.336. The Balaban J connectivity index is 2.12. The van der Waals surface area contributed by atoms with Crippen molar-refractivity contribution in [2.45, 2.75) is 38.9 Å². The lowest BCUT2D eigenvalue weighted by Crippen LogP contribution is -2.22. The van der Waals surface area contributed by atoms with Gasteiger partial charge in [0.05, 0.1) is 32.5 Å². The Kier molecular flexibility index (Phi) is 12.2. The first-order valence-corrected chi connectivity index (χ1v) is 8.12. The molecule has 1 rings (SSSR count). The van der Waals surface area contributed by atoms with Crippen LogP contribution in [0.15, 0.2) is 30.3 Å². The molecule has 0 aliphatic carbocycles. The van der Waals surface area contributed by atoms with Crippen LogP contribution < -0.4 is 0 Å². The molecule has 0 unspecified atom stereocenters. The average molecular weight is 320 g/mol. The molecule has 0 heterocycles. The van der Waals surface area contributed by atoms with E-state index < -0.39 is 0 Å². The van der Waals surface area contributed by atoms with Crippen LogP contribution in [-0.4, -0.2) is 39.8 Å². The molecule has 0 aliphatic rings. The van der Waals surface area contributed by atoms with Crippen LogP contribution in [0.2, 0.25) is 0 Å². The fourth-order valence-corrected chi connectivity index (χ4v) is 1.83. The minimum Gasteiger partial charge on any atom is -0.376 e. The zero-order valence-electron chi connectivity index (χ0n) is 14.3. The molecule has 0 aliphatic heterocycles. The van der Waals surface area contributed by atoms with Gasteiger partial charge in [-0.3, -0.25) is 0 Å². The maximum Gasteiger partial charge on any atom is 0.146 e. The number of benzene rings is 1. The molecule has 0 fully saturated rings. The maximum absolute atomic E-state index is 5.61. The van der Waals surface area contributed by atoms with Gasteiger partial charge < -0.3 is 18.9 Å². The molecule has 0 N–H and O–H groups in total. The van der Waals surface area contributed by atoms with E-state index >= 15 is 0 Å². The van der Waals surface area contributed by atoms with Crippen LogP contribution in [0, 0.1) is 11.8 Å². The Hall–Kier alpha value is -1.38. The van der Waals surface area contributed by atoms with Crippen molar-refractivity contribution in [2.24, 2.45) is 0 Å². The summed E-state index contributed by atoms with van der Waals surface area (Å²) >= 11 is 0. The first-order chi connectivity index (χ1) is 11.4. The van der Waals surface area contributed by atoms with Gasteiger partial charge in [0.25, 0.3) is 0 Å². The lowest BCUT2D eigenvalue weighted by atomic mass is 10.2. The summed E-state index contributed by atoms with van der Waals surface area (Å²) in [6.45, 7) is 4.59. The molecular formula is C19H28O4. The van der Waals surface area contributed by atoms with E-state index in [0.29, 0.717) is 32.8 Å². The fraction of sp³-hybridized carbons (Fsp3) is 0.579. The van der Waals surface area contributed by atoms with Crippen molar-refractivity contribution in [3.05, 3.63) is 35.9 Å². The number of hydrogen-bond acceptors (Lipinski definition) is 4. The molecule has 0 amide bonds. The summed E-state index contributed by atoms with van der Waals surface area (Å²) in [4.78, 5) is 0. The smallest absolute Gasteiger partial charge is 0.146 e. The van der Waals surface area contributed by atoms with Crippen molar-refractivity contribution in [1.82, 2.24) is 0 Å². The summed E-state index contributed by atoms with van der Waals surface area (Å²) in [5.41, 5.74) is 1.17. The normalized spacial score (nSPS) is 11.7. The minimum absolute atomic E-state index is 0.0616. The third-order valence-corrected chi connectivity index (χ3v) is 3.04. The highest BCUT2D eigenvalue weighted by atomic mass is 16.7. The van der Waals surface area contributed by atoms with Crippen molar-refractivity contribution in [1.29, 1.82) is 0 Å². The Morgan fingerprint density at radius 2 is 1.83 bits per heavy atom. The summed E-state index contributed by atoms with van der Waals surface area (Å²) in [5, 5.41) is 0. The van der Waals surface area contributed by atoms with Crippen molar-refractivity contribution in [2.75, 3.05) is 33.7 Å². The lowest BCUT2D eigenvalue weighted by Gasteiger charge is -2.15. The standard InChI is InChI=1S/C19H28O4/c1-3-4-5-9-12-19(23-17-20-2)16-22-14-13-21-15-18-10-7-6-8-11-18/h6-8,10-11,19H,3-4,12-17H2,1-2H3/t19-/m0/s1. The van der Waals surface area contributed by atoms with E-state index in [4.69, 9.17) is 18.9 Å². The predicted octanol–water partition coefficient (Wildman–Crippen LogP) is 3.40. The first kappa shape index (κ1) is 19.7. The molecular weight excluding hydrogens is 292 g/mol. The zero-order valence-corrected chi connectivity index (χ0v) is 14.3. The van der Waals surface area contributed by atoms with E-state index in [-0.39, 0.29) is 12.9 Å². The second-order valence-corrected chi connectivity index (χ2v) is 5.12. The largest absolute Gasteiger partial charge is 0.376 e. The van der Waals surface area contributed by atoms with Crippen LogP contribution in [0.5, 0.6) is 0 Å². The van der Waals surface area contributed by atoms with E-state index in [1.54, 1.807) is 7.11 Å². The van der Waals surface area contributed by atoms with Crippen LogP contribution in [-0.2, 0) is 25.6 Å². The fourth-order valence-electron chi connectivity index (χ4n) is 1.83. The topological polar surface area (TPSA) is 36.9 Å². The highest BCUT2D eigenvalue weighted by Crippen LogP contribution is 2.02. The first-order valence-electron chi connectivity index (χ1n) is 8.12. The summed E-state index contributed by atoms with van der Waals surface area (Å²) < 4.78 is 21.7. The van der Waals surface area contributed by atoms with Gasteiger partial charge in [-0.2, -0.15) is 0 Å². The van der Waals surface area contributed by atoms with Gasteiger partial charge >= 0.3 is 0 Å². The second-order valence-electron chi connectivity index (χ2n) is 5.12. The van der Waals surface area contributed by atoms with Crippen LogP contribution in [0.3, 0.4) is 0 Å². The van der Waals surface area contributed by atoms with Gasteiger partial charge in [0.1, 0.15) is 6.79 Å². The lowest BCUT2D eigenvalue weighted by molar-refractivity contribution is -0.0983. The van der Waals surface area contributed by atoms with Gasteiger partial charge in [-0.05, 0) is 12.0 Å². The predicted molar refractivity (Wildman–Crippen MR) is 91.0 cm³/mol. The van der Waals surface area contributed by atoms with Crippen molar-refractivity contribution < 1.29 is 18.9 Å².